The molecule has 15 heteroatoms. The Balaban J connectivity index is 1.04. The number of hydrogen-bond donors (Lipinski definition) is 4. The molecule has 15 nitrogen and oxygen atoms in total. The molecule has 1 saturated carbocycles. The summed E-state index contributed by atoms with van der Waals surface area (Å²) >= 11 is 0. The van der Waals surface area contributed by atoms with Crippen molar-refractivity contribution in [2.45, 2.75) is 95.5 Å². The van der Waals surface area contributed by atoms with E-state index in [1.807, 2.05) is 36.1 Å². The van der Waals surface area contributed by atoms with E-state index in [0.29, 0.717) is 30.4 Å². The van der Waals surface area contributed by atoms with Gasteiger partial charge in [-0.25, -0.2) is 19.6 Å². The van der Waals surface area contributed by atoms with Crippen LogP contribution in [0.3, 0.4) is 0 Å². The number of nitrogens with zero attached hydrogens (tertiary/aromatic N) is 4. The fraction of sp³-hybridized carbons (Fsp3) is 0.488. The van der Waals surface area contributed by atoms with Crippen LogP contribution in [0.15, 0.2) is 42.6 Å². The Morgan fingerprint density at radius 3 is 2.16 bits per heavy atom. The molecule has 4 amide bonds. The number of ether oxygens (including phenoxy) is 3. The number of carbonyl (C=O) groups excluding carboxylic acids is 4. The molecule has 58 heavy (non-hydrogen) atoms. The van der Waals surface area contributed by atoms with Gasteiger partial charge in [-0.1, -0.05) is 37.0 Å². The minimum Gasteiger partial charge on any atom is -0.453 e. The molecule has 2 saturated heterocycles. The van der Waals surface area contributed by atoms with Gasteiger partial charge in [0.15, 0.2) is 0 Å². The van der Waals surface area contributed by atoms with Crippen LogP contribution in [-0.2, 0) is 23.8 Å². The number of benzene rings is 2. The second-order valence-corrected chi connectivity index (χ2v) is 15.4. The van der Waals surface area contributed by atoms with E-state index in [1.54, 1.807) is 18.0 Å². The Kier molecular flexibility index (Phi) is 12.3. The fourth-order valence-corrected chi connectivity index (χ4v) is 8.58. The molecule has 4 heterocycles. The average Bonchev–Trinajstić information content (AvgIpc) is 4.10. The van der Waals surface area contributed by atoms with E-state index in [0.717, 1.165) is 84.7 Å². The van der Waals surface area contributed by atoms with Crippen molar-refractivity contribution in [3.63, 3.8) is 0 Å². The molecule has 0 bridgehead atoms. The maximum Gasteiger partial charge on any atom is 0.407 e. The fourth-order valence-electron chi connectivity index (χ4n) is 8.58. The number of aryl methyl sites for hydroxylation is 1. The highest BCUT2D eigenvalue weighted by molar-refractivity contribution is 5.89. The van der Waals surface area contributed by atoms with Crippen molar-refractivity contribution in [2.75, 3.05) is 34.4 Å². The zero-order chi connectivity index (χ0) is 40.9. The lowest BCUT2D eigenvalue weighted by atomic mass is 9.96. The molecule has 3 fully saturated rings. The third-order valence-electron chi connectivity index (χ3n) is 11.8. The standard InChI is InChI=1S/C43H52N8O7/c1-25-32(46-39(45-25)35-13-9-21-51(35)41(53)37(49-43(55)58-5)28-10-6-7-11-28)19-15-27-14-16-30-23-31(18-17-29(30)22-27)33-24-44-38(47-33)34-12-8-20-50(34)40(52)36(26(2)56-3)48-42(54)57-4/h14,16-18,22-24,26,28,34-37H,6-13,20-21H2,1-5H3,(H,44,47)(H,45,46)(H,48,54)(H,49,55). The van der Waals surface area contributed by atoms with Gasteiger partial charge in [0.05, 0.1) is 44.3 Å². The minimum atomic E-state index is -0.901. The predicted molar refractivity (Wildman–Crippen MR) is 215 cm³/mol. The molecule has 2 aromatic carbocycles. The second kappa shape index (κ2) is 17.7. The number of aromatic amines is 2. The van der Waals surface area contributed by atoms with Gasteiger partial charge in [0.25, 0.3) is 0 Å². The van der Waals surface area contributed by atoms with Crippen molar-refractivity contribution in [2.24, 2.45) is 5.92 Å². The summed E-state index contributed by atoms with van der Waals surface area (Å²) in [6.45, 7) is 4.81. The first kappa shape index (κ1) is 40.3. The Hall–Kier alpha value is -5.88. The Bertz CT molecular complexity index is 2220. The van der Waals surface area contributed by atoms with E-state index >= 15 is 0 Å². The smallest absolute Gasteiger partial charge is 0.407 e. The van der Waals surface area contributed by atoms with Crippen LogP contribution in [-0.4, -0.2) is 106 Å². The molecule has 306 valence electrons. The summed E-state index contributed by atoms with van der Waals surface area (Å²) in [4.78, 5) is 71.8. The highest BCUT2D eigenvalue weighted by atomic mass is 16.5. The highest BCUT2D eigenvalue weighted by Gasteiger charge is 2.41. The maximum atomic E-state index is 13.9. The Morgan fingerprint density at radius 2 is 1.45 bits per heavy atom. The first-order valence-corrected chi connectivity index (χ1v) is 20.1. The molecular weight excluding hydrogens is 741 g/mol. The number of rotatable bonds is 10. The van der Waals surface area contributed by atoms with Crippen LogP contribution >= 0.6 is 0 Å². The number of likely N-dealkylation sites (tertiary alicyclic amines) is 2. The lowest BCUT2D eigenvalue weighted by Gasteiger charge is -2.31. The number of amides is 4. The summed E-state index contributed by atoms with van der Waals surface area (Å²) in [7, 11) is 4.07. The SMILES string of the molecule is COC(=O)NC(C(=O)N1CCCC1c1nc(C#Cc2ccc3cc(-c4cnc(C5CCCN5C(=O)C(NC(=O)OC)C(C)OC)[nH]4)ccc3c2)c(C)[nH]1)C1CCCC1. The number of methoxy groups -OCH3 is 3. The quantitative estimate of drug-likeness (QED) is 0.147. The van der Waals surface area contributed by atoms with Crippen molar-refractivity contribution in [3.05, 3.63) is 71.2 Å². The minimum absolute atomic E-state index is 0.0846. The molecule has 2 aromatic heterocycles. The summed E-state index contributed by atoms with van der Waals surface area (Å²) in [5.74, 6) is 7.67. The van der Waals surface area contributed by atoms with Crippen LogP contribution in [0.1, 0.15) is 99.0 Å². The van der Waals surface area contributed by atoms with Crippen LogP contribution in [0.2, 0.25) is 0 Å². The van der Waals surface area contributed by atoms with Crippen molar-refractivity contribution >= 4 is 34.8 Å². The zero-order valence-corrected chi connectivity index (χ0v) is 33.7. The van der Waals surface area contributed by atoms with Gasteiger partial charge in [-0.3, -0.25) is 9.59 Å². The van der Waals surface area contributed by atoms with E-state index in [2.05, 4.69) is 49.6 Å². The lowest BCUT2D eigenvalue weighted by molar-refractivity contribution is -0.137. The van der Waals surface area contributed by atoms with Gasteiger partial charge >= 0.3 is 12.2 Å². The first-order chi connectivity index (χ1) is 28.1. The van der Waals surface area contributed by atoms with E-state index in [9.17, 15) is 19.2 Å². The van der Waals surface area contributed by atoms with E-state index in [1.165, 1.54) is 21.3 Å². The molecule has 0 radical (unpaired) electrons. The van der Waals surface area contributed by atoms with Gasteiger partial charge in [0.1, 0.15) is 29.4 Å². The number of aromatic nitrogens is 4. The van der Waals surface area contributed by atoms with Crippen molar-refractivity contribution in [1.82, 2.24) is 40.4 Å². The van der Waals surface area contributed by atoms with Gasteiger partial charge in [0, 0.05) is 37.0 Å². The third kappa shape index (κ3) is 8.52. The maximum absolute atomic E-state index is 13.9. The largest absolute Gasteiger partial charge is 0.453 e. The topological polar surface area (TPSA) is 184 Å². The van der Waals surface area contributed by atoms with Gasteiger partial charge < -0.3 is 44.6 Å². The molecule has 3 aliphatic rings. The van der Waals surface area contributed by atoms with Crippen molar-refractivity contribution in [3.8, 4) is 23.1 Å². The summed E-state index contributed by atoms with van der Waals surface area (Å²) in [5.41, 5.74) is 4.08. The number of alkyl carbamates (subject to hydrolysis) is 2. The van der Waals surface area contributed by atoms with Crippen LogP contribution in [0.5, 0.6) is 0 Å². The van der Waals surface area contributed by atoms with Crippen LogP contribution in [0, 0.1) is 24.7 Å². The summed E-state index contributed by atoms with van der Waals surface area (Å²) < 4.78 is 15.0. The van der Waals surface area contributed by atoms with Gasteiger partial charge in [-0.05, 0) is 93.2 Å². The molecule has 5 unspecified atom stereocenters. The van der Waals surface area contributed by atoms with Crippen LogP contribution in [0.25, 0.3) is 22.0 Å². The highest BCUT2D eigenvalue weighted by Crippen LogP contribution is 2.36. The number of fused-ring (bicyclic) bond motifs is 1. The van der Waals surface area contributed by atoms with Crippen molar-refractivity contribution in [1.29, 1.82) is 0 Å². The normalized spacial score (nSPS) is 19.7. The lowest BCUT2D eigenvalue weighted by Crippen LogP contribution is -2.54. The van der Waals surface area contributed by atoms with Gasteiger partial charge in [-0.15, -0.1) is 0 Å². The van der Waals surface area contributed by atoms with Crippen LogP contribution < -0.4 is 10.6 Å². The van der Waals surface area contributed by atoms with E-state index in [4.69, 9.17) is 19.2 Å². The third-order valence-corrected chi connectivity index (χ3v) is 11.8. The predicted octanol–water partition coefficient (Wildman–Crippen LogP) is 5.66. The number of hydrogen-bond acceptors (Lipinski definition) is 9. The molecule has 2 aliphatic heterocycles. The Morgan fingerprint density at radius 1 is 0.793 bits per heavy atom. The monoisotopic (exact) mass is 792 g/mol. The van der Waals surface area contributed by atoms with Crippen LogP contribution in [0.4, 0.5) is 9.59 Å². The molecule has 4 aromatic rings. The average molecular weight is 793 g/mol. The van der Waals surface area contributed by atoms with Gasteiger partial charge in [-0.2, -0.15) is 0 Å². The van der Waals surface area contributed by atoms with Crippen molar-refractivity contribution < 1.29 is 33.4 Å². The Labute approximate surface area is 338 Å². The summed E-state index contributed by atoms with van der Waals surface area (Å²) in [5, 5.41) is 7.51. The van der Waals surface area contributed by atoms with E-state index < -0.39 is 30.4 Å². The first-order valence-electron chi connectivity index (χ1n) is 20.1. The molecule has 5 atom stereocenters. The number of H-pyrrole nitrogens is 2. The van der Waals surface area contributed by atoms with Gasteiger partial charge in [0.2, 0.25) is 11.8 Å². The molecule has 7 rings (SSSR count). The second-order valence-electron chi connectivity index (χ2n) is 15.4. The zero-order valence-electron chi connectivity index (χ0n) is 33.7. The summed E-state index contributed by atoms with van der Waals surface area (Å²) in [6, 6.07) is 10.2. The molecular formula is C43H52N8O7. The summed E-state index contributed by atoms with van der Waals surface area (Å²) in [6.07, 6.45) is 7.01. The molecule has 4 N–H and O–H groups in total. The number of carbonyl (C=O) groups is 4. The van der Waals surface area contributed by atoms with E-state index in [-0.39, 0.29) is 29.8 Å². The number of nitrogens with one attached hydrogen (secondary N) is 4. The molecule has 0 spiro atoms. The molecule has 1 aliphatic carbocycles. The number of imidazole rings is 2.